The molecule has 9 heteroatoms. The first-order valence-corrected chi connectivity index (χ1v) is 13.4. The quantitative estimate of drug-likeness (QED) is 0.540. The highest BCUT2D eigenvalue weighted by Gasteiger charge is 2.28. The molecule has 1 unspecified atom stereocenters. The van der Waals surface area contributed by atoms with E-state index in [9.17, 15) is 9.18 Å². The minimum absolute atomic E-state index is 0.0315. The molecule has 0 bridgehead atoms. The van der Waals surface area contributed by atoms with E-state index in [1.165, 1.54) is 10.9 Å². The summed E-state index contributed by atoms with van der Waals surface area (Å²) in [5.74, 6) is 0.888. The number of piperazine rings is 1. The van der Waals surface area contributed by atoms with Gasteiger partial charge in [-0.2, -0.15) is 0 Å². The van der Waals surface area contributed by atoms with Gasteiger partial charge in [0.25, 0.3) is 0 Å². The van der Waals surface area contributed by atoms with Gasteiger partial charge in [-0.3, -0.25) is 9.69 Å². The first kappa shape index (κ1) is 23.9. The van der Waals surface area contributed by atoms with E-state index in [1.807, 2.05) is 12.1 Å². The molecule has 3 aromatic rings. The second-order valence-electron chi connectivity index (χ2n) is 9.34. The molecular formula is C26H33FN6OS. The molecule has 2 aliphatic heterocycles. The molecule has 0 saturated carbocycles. The number of amides is 1. The van der Waals surface area contributed by atoms with Crippen LogP contribution < -0.4 is 15.1 Å². The van der Waals surface area contributed by atoms with Gasteiger partial charge in [-0.1, -0.05) is 19.1 Å². The molecule has 186 valence electrons. The number of thiophene rings is 1. The lowest BCUT2D eigenvalue weighted by Gasteiger charge is -2.36. The number of para-hydroxylation sites is 1. The van der Waals surface area contributed by atoms with Crippen molar-refractivity contribution in [2.45, 2.75) is 26.2 Å². The Labute approximate surface area is 210 Å². The lowest BCUT2D eigenvalue weighted by Crippen LogP contribution is -2.49. The van der Waals surface area contributed by atoms with Gasteiger partial charge in [0.15, 0.2) is 0 Å². The maximum absolute atomic E-state index is 14.1. The van der Waals surface area contributed by atoms with Crippen molar-refractivity contribution in [1.29, 1.82) is 0 Å². The van der Waals surface area contributed by atoms with Crippen LogP contribution in [0.1, 0.15) is 24.6 Å². The predicted molar refractivity (Wildman–Crippen MR) is 140 cm³/mol. The van der Waals surface area contributed by atoms with Crippen LogP contribution in [0.15, 0.2) is 36.7 Å². The summed E-state index contributed by atoms with van der Waals surface area (Å²) in [4.78, 5) is 31.0. The van der Waals surface area contributed by atoms with Gasteiger partial charge in [0, 0.05) is 57.2 Å². The third kappa shape index (κ3) is 5.41. The third-order valence-corrected chi connectivity index (χ3v) is 8.28. The number of piperidine rings is 1. The van der Waals surface area contributed by atoms with Crippen molar-refractivity contribution in [1.82, 2.24) is 20.2 Å². The van der Waals surface area contributed by atoms with Crippen molar-refractivity contribution in [3.05, 3.63) is 47.4 Å². The van der Waals surface area contributed by atoms with Gasteiger partial charge in [0.05, 0.1) is 17.0 Å². The number of nitrogens with one attached hydrogen (secondary N) is 1. The van der Waals surface area contributed by atoms with Gasteiger partial charge in [-0.05, 0) is 37.5 Å². The minimum atomic E-state index is -0.165. The van der Waals surface area contributed by atoms with Gasteiger partial charge in [-0.25, -0.2) is 14.4 Å². The zero-order chi connectivity index (χ0) is 24.2. The van der Waals surface area contributed by atoms with E-state index in [0.717, 1.165) is 74.6 Å². The summed E-state index contributed by atoms with van der Waals surface area (Å²) >= 11 is 1.72. The largest absolute Gasteiger partial charge is 0.367 e. The first-order valence-electron chi connectivity index (χ1n) is 12.6. The number of nitrogens with zero attached hydrogens (tertiary/aromatic N) is 5. The van der Waals surface area contributed by atoms with E-state index in [4.69, 9.17) is 0 Å². The Morgan fingerprint density at radius 2 is 1.97 bits per heavy atom. The number of anilines is 2. The van der Waals surface area contributed by atoms with Crippen LogP contribution in [0.2, 0.25) is 0 Å². The number of carbonyl (C=O) groups excluding carboxylic acids is 1. The van der Waals surface area contributed by atoms with E-state index < -0.39 is 0 Å². The van der Waals surface area contributed by atoms with Crippen LogP contribution in [0.5, 0.6) is 0 Å². The summed E-state index contributed by atoms with van der Waals surface area (Å²) in [6, 6.07) is 9.15. The number of aromatic nitrogens is 2. The molecule has 1 amide bonds. The molecule has 7 nitrogen and oxygen atoms in total. The van der Waals surface area contributed by atoms with Crippen LogP contribution in [0, 0.1) is 11.7 Å². The molecule has 1 aromatic carbocycles. The average Bonchev–Trinajstić information content (AvgIpc) is 3.33. The van der Waals surface area contributed by atoms with E-state index in [-0.39, 0.29) is 17.6 Å². The van der Waals surface area contributed by atoms with Crippen LogP contribution in [-0.2, 0) is 11.2 Å². The fourth-order valence-corrected chi connectivity index (χ4v) is 6.03. The standard InChI is InChI=1S/C26H33FN6OS/c1-2-20-16-21-24(29-18-30-26(21)35-20)33-10-5-6-19(17-33)25(34)28-9-11-31-12-14-32(15-13-31)23-8-4-3-7-22(23)27/h3-4,7-8,16,18-19H,2,5-6,9-15,17H2,1H3,(H,28,34). The molecule has 1 N–H and O–H groups in total. The highest BCUT2D eigenvalue weighted by Crippen LogP contribution is 2.32. The molecule has 0 aliphatic carbocycles. The summed E-state index contributed by atoms with van der Waals surface area (Å²) in [6.07, 6.45) is 4.51. The summed E-state index contributed by atoms with van der Waals surface area (Å²) in [6.45, 7) is 8.53. The molecule has 5 rings (SSSR count). The molecule has 0 spiro atoms. The summed E-state index contributed by atoms with van der Waals surface area (Å²) in [5, 5.41) is 4.26. The summed E-state index contributed by atoms with van der Waals surface area (Å²) < 4.78 is 14.1. The third-order valence-electron chi connectivity index (χ3n) is 7.09. The van der Waals surface area contributed by atoms with Gasteiger partial charge < -0.3 is 15.1 Å². The van der Waals surface area contributed by atoms with Crippen molar-refractivity contribution in [3.63, 3.8) is 0 Å². The molecule has 2 fully saturated rings. The number of aryl methyl sites for hydroxylation is 1. The van der Waals surface area contributed by atoms with Crippen molar-refractivity contribution in [2.24, 2.45) is 5.92 Å². The number of fused-ring (bicyclic) bond motifs is 1. The van der Waals surface area contributed by atoms with Crippen LogP contribution in [0.3, 0.4) is 0 Å². The molecular weight excluding hydrogens is 463 g/mol. The Morgan fingerprint density at radius 1 is 1.14 bits per heavy atom. The van der Waals surface area contributed by atoms with Gasteiger partial charge in [-0.15, -0.1) is 11.3 Å². The Kier molecular flexibility index (Phi) is 7.43. The van der Waals surface area contributed by atoms with E-state index in [0.29, 0.717) is 18.8 Å². The number of carbonyl (C=O) groups is 1. The fourth-order valence-electron chi connectivity index (χ4n) is 5.10. The summed E-state index contributed by atoms with van der Waals surface area (Å²) in [5.41, 5.74) is 0.677. The second kappa shape index (κ2) is 10.9. The van der Waals surface area contributed by atoms with Gasteiger partial charge in [0.1, 0.15) is 22.8 Å². The molecule has 4 heterocycles. The Morgan fingerprint density at radius 3 is 2.77 bits per heavy atom. The molecule has 2 aliphatic rings. The highest BCUT2D eigenvalue weighted by atomic mass is 32.1. The smallest absolute Gasteiger partial charge is 0.224 e. The molecule has 2 aromatic heterocycles. The van der Waals surface area contributed by atoms with Crippen LogP contribution in [0.4, 0.5) is 15.9 Å². The lowest BCUT2D eigenvalue weighted by atomic mass is 9.97. The molecule has 2 saturated heterocycles. The van der Waals surface area contributed by atoms with E-state index in [2.05, 4.69) is 43.0 Å². The molecule has 35 heavy (non-hydrogen) atoms. The van der Waals surface area contributed by atoms with E-state index in [1.54, 1.807) is 23.7 Å². The number of halogens is 1. The fraction of sp³-hybridized carbons (Fsp3) is 0.500. The van der Waals surface area contributed by atoms with Crippen LogP contribution in [-0.4, -0.2) is 73.1 Å². The number of benzene rings is 1. The van der Waals surface area contributed by atoms with Crippen LogP contribution >= 0.6 is 11.3 Å². The van der Waals surface area contributed by atoms with Gasteiger partial charge in [0.2, 0.25) is 5.91 Å². The van der Waals surface area contributed by atoms with E-state index >= 15 is 0 Å². The zero-order valence-corrected chi connectivity index (χ0v) is 21.1. The SMILES string of the molecule is CCc1cc2c(N3CCCC(C(=O)NCCN4CCN(c5ccccc5F)CC4)C3)ncnc2s1. The molecule has 0 radical (unpaired) electrons. The van der Waals surface area contributed by atoms with Crippen LogP contribution in [0.25, 0.3) is 10.2 Å². The Hall–Kier alpha value is -2.78. The topological polar surface area (TPSA) is 64.6 Å². The minimum Gasteiger partial charge on any atom is -0.367 e. The first-order chi connectivity index (χ1) is 17.1. The average molecular weight is 497 g/mol. The van der Waals surface area contributed by atoms with Crippen molar-refractivity contribution >= 4 is 39.0 Å². The Bertz CT molecular complexity index is 1160. The second-order valence-corrected chi connectivity index (χ2v) is 10.5. The zero-order valence-electron chi connectivity index (χ0n) is 20.3. The maximum atomic E-state index is 14.1. The molecule has 1 atom stereocenters. The van der Waals surface area contributed by atoms with Crippen molar-refractivity contribution in [2.75, 3.05) is 62.2 Å². The maximum Gasteiger partial charge on any atom is 0.224 e. The lowest BCUT2D eigenvalue weighted by molar-refractivity contribution is -0.125. The predicted octanol–water partition coefficient (Wildman–Crippen LogP) is 3.55. The van der Waals surface area contributed by atoms with Crippen molar-refractivity contribution in [3.8, 4) is 0 Å². The normalized spacial score (nSPS) is 19.3. The summed E-state index contributed by atoms with van der Waals surface area (Å²) in [7, 11) is 0. The van der Waals surface area contributed by atoms with Gasteiger partial charge >= 0.3 is 0 Å². The monoisotopic (exact) mass is 496 g/mol. The Balaban J connectivity index is 1.10. The highest BCUT2D eigenvalue weighted by molar-refractivity contribution is 7.18. The number of rotatable bonds is 7. The van der Waals surface area contributed by atoms with Crippen molar-refractivity contribution < 1.29 is 9.18 Å². The number of hydrogen-bond acceptors (Lipinski definition) is 7. The number of hydrogen-bond donors (Lipinski definition) is 1.